The van der Waals surface area contributed by atoms with Crippen LogP contribution in [0.25, 0.3) is 0 Å². The van der Waals surface area contributed by atoms with Crippen molar-refractivity contribution in [2.45, 2.75) is 10.4 Å². The molecule has 0 saturated heterocycles. The molecule has 0 atom stereocenters. The van der Waals surface area contributed by atoms with Gasteiger partial charge < -0.3 is 5.11 Å². The number of nitrogens with one attached hydrogen (secondary N) is 1. The molecular weight excluding hydrogens is 379 g/mol. The lowest BCUT2D eigenvalue weighted by Crippen LogP contribution is -2.16. The van der Waals surface area contributed by atoms with E-state index in [1.807, 2.05) is 4.72 Å². The van der Waals surface area contributed by atoms with Crippen molar-refractivity contribution in [3.05, 3.63) is 45.8 Å². The maximum Gasteiger partial charge on any atom is 0.417 e. The number of halogens is 4. The number of carboxylic acid groups (broad SMARTS) is 1. The van der Waals surface area contributed by atoms with Crippen molar-refractivity contribution in [2.75, 3.05) is 4.72 Å². The molecule has 2 rings (SSSR count). The van der Waals surface area contributed by atoms with Crippen LogP contribution in [0.4, 0.5) is 18.9 Å². The van der Waals surface area contributed by atoms with Gasteiger partial charge in [0.05, 0.1) is 15.5 Å². The number of benzene rings is 1. The quantitative estimate of drug-likeness (QED) is 0.835. The van der Waals surface area contributed by atoms with Gasteiger partial charge in [0.1, 0.15) is 4.21 Å². The minimum absolute atomic E-state index is 0.182. The van der Waals surface area contributed by atoms with Crippen LogP contribution < -0.4 is 4.72 Å². The van der Waals surface area contributed by atoms with Crippen molar-refractivity contribution in [3.8, 4) is 0 Å². The predicted octanol–water partition coefficient (Wildman–Crippen LogP) is 3.92. The van der Waals surface area contributed by atoms with E-state index in [1.54, 1.807) is 0 Å². The van der Waals surface area contributed by atoms with Crippen LogP contribution in [0.3, 0.4) is 0 Å². The van der Waals surface area contributed by atoms with Crippen LogP contribution in [0.5, 0.6) is 0 Å². The predicted molar refractivity (Wildman–Crippen MR) is 78.5 cm³/mol. The lowest BCUT2D eigenvalue weighted by Gasteiger charge is -2.13. The normalized spacial score (nSPS) is 12.2. The summed E-state index contributed by atoms with van der Waals surface area (Å²) in [6.45, 7) is 0. The molecule has 11 heteroatoms. The van der Waals surface area contributed by atoms with E-state index in [2.05, 4.69) is 0 Å². The van der Waals surface area contributed by atoms with E-state index in [1.165, 1.54) is 12.1 Å². The molecule has 0 amide bonds. The highest BCUT2D eigenvalue weighted by Crippen LogP contribution is 2.35. The molecule has 23 heavy (non-hydrogen) atoms. The monoisotopic (exact) mass is 385 g/mol. The van der Waals surface area contributed by atoms with Crippen LogP contribution in [-0.2, 0) is 16.2 Å². The molecular formula is C12H7ClF3NO4S2. The summed E-state index contributed by atoms with van der Waals surface area (Å²) in [5.41, 5.74) is -2.83. The Morgan fingerprint density at radius 2 is 1.87 bits per heavy atom. The standard InChI is InChI=1S/C12H7ClF3NO4S2/c13-9-3-4-10(22-9)23(20,21)17-6-1-2-7(11(18)19)8(5-6)12(14,15)16/h1-5,17H,(H,18,19). The number of alkyl halides is 3. The maximum atomic E-state index is 12.9. The third-order valence-corrected chi connectivity index (χ3v) is 5.73. The van der Waals surface area contributed by atoms with Gasteiger partial charge in [-0.2, -0.15) is 13.2 Å². The zero-order chi connectivity index (χ0) is 17.4. The van der Waals surface area contributed by atoms with Gasteiger partial charge in [0, 0.05) is 5.69 Å². The van der Waals surface area contributed by atoms with Gasteiger partial charge in [-0.05, 0) is 30.3 Å². The van der Waals surface area contributed by atoms with Crippen LogP contribution in [0.1, 0.15) is 15.9 Å². The molecule has 0 aliphatic carbocycles. The van der Waals surface area contributed by atoms with E-state index in [4.69, 9.17) is 16.7 Å². The lowest BCUT2D eigenvalue weighted by atomic mass is 10.1. The number of hydrogen-bond donors (Lipinski definition) is 2. The summed E-state index contributed by atoms with van der Waals surface area (Å²) in [6, 6.07) is 4.58. The van der Waals surface area contributed by atoms with Crippen LogP contribution in [-0.4, -0.2) is 19.5 Å². The Labute approximate surface area is 137 Å². The van der Waals surface area contributed by atoms with Gasteiger partial charge in [-0.15, -0.1) is 11.3 Å². The van der Waals surface area contributed by atoms with E-state index in [-0.39, 0.29) is 8.55 Å². The highest BCUT2D eigenvalue weighted by Gasteiger charge is 2.36. The number of sulfonamides is 1. The molecule has 124 valence electrons. The Morgan fingerprint density at radius 3 is 2.35 bits per heavy atom. The highest BCUT2D eigenvalue weighted by atomic mass is 35.5. The second-order valence-corrected chi connectivity index (χ2v) is 7.85. The van der Waals surface area contributed by atoms with Crippen LogP contribution in [0.15, 0.2) is 34.5 Å². The summed E-state index contributed by atoms with van der Waals surface area (Å²) >= 11 is 6.35. The summed E-state index contributed by atoms with van der Waals surface area (Å²) in [6.07, 6.45) is -4.94. The number of carbonyl (C=O) groups is 1. The van der Waals surface area contributed by atoms with Gasteiger partial charge in [-0.3, -0.25) is 4.72 Å². The zero-order valence-corrected chi connectivity index (χ0v) is 13.3. The number of anilines is 1. The SMILES string of the molecule is O=C(O)c1ccc(NS(=O)(=O)c2ccc(Cl)s2)cc1C(F)(F)F. The van der Waals surface area contributed by atoms with Gasteiger partial charge in [0.2, 0.25) is 0 Å². The molecule has 5 nitrogen and oxygen atoms in total. The topological polar surface area (TPSA) is 83.5 Å². The molecule has 0 fully saturated rings. The number of hydrogen-bond acceptors (Lipinski definition) is 4. The Balaban J connectivity index is 2.44. The fourth-order valence-electron chi connectivity index (χ4n) is 1.68. The van der Waals surface area contributed by atoms with Gasteiger partial charge >= 0.3 is 12.1 Å². The molecule has 0 saturated carbocycles. The van der Waals surface area contributed by atoms with Gasteiger partial charge in [-0.1, -0.05) is 11.6 Å². The van der Waals surface area contributed by atoms with Crippen molar-refractivity contribution in [3.63, 3.8) is 0 Å². The molecule has 1 heterocycles. The molecule has 0 spiro atoms. The highest BCUT2D eigenvalue weighted by molar-refractivity contribution is 7.94. The zero-order valence-electron chi connectivity index (χ0n) is 10.9. The summed E-state index contributed by atoms with van der Waals surface area (Å²) in [5, 5.41) is 8.78. The van der Waals surface area contributed by atoms with Crippen molar-refractivity contribution in [1.29, 1.82) is 0 Å². The molecule has 0 aliphatic rings. The molecule has 2 aromatic rings. The fourth-order valence-corrected chi connectivity index (χ4v) is 4.21. The first-order valence-corrected chi connectivity index (χ1v) is 8.41. The Kier molecular flexibility index (Phi) is 4.60. The third kappa shape index (κ3) is 3.95. The molecule has 1 aromatic carbocycles. The van der Waals surface area contributed by atoms with E-state index in [0.29, 0.717) is 12.1 Å². The van der Waals surface area contributed by atoms with Crippen molar-refractivity contribution in [1.82, 2.24) is 0 Å². The second kappa shape index (κ2) is 6.02. The first kappa shape index (κ1) is 17.6. The summed E-state index contributed by atoms with van der Waals surface area (Å²) < 4.78 is 64.7. The average Bonchev–Trinajstić information content (AvgIpc) is 2.84. The molecule has 0 bridgehead atoms. The second-order valence-electron chi connectivity index (χ2n) is 4.23. The molecule has 1 aromatic heterocycles. The minimum atomic E-state index is -4.94. The Hall–Kier alpha value is -1.78. The summed E-state index contributed by atoms with van der Waals surface area (Å²) in [4.78, 5) is 10.8. The first-order chi connectivity index (χ1) is 10.5. The molecule has 0 aliphatic heterocycles. The Morgan fingerprint density at radius 1 is 1.22 bits per heavy atom. The van der Waals surface area contributed by atoms with E-state index in [9.17, 15) is 26.4 Å². The van der Waals surface area contributed by atoms with Crippen LogP contribution >= 0.6 is 22.9 Å². The van der Waals surface area contributed by atoms with Gasteiger partial charge in [0.15, 0.2) is 0 Å². The maximum absolute atomic E-state index is 12.9. The average molecular weight is 386 g/mol. The summed E-state index contributed by atoms with van der Waals surface area (Å²) in [7, 11) is -4.12. The first-order valence-electron chi connectivity index (χ1n) is 5.73. The number of thiophene rings is 1. The van der Waals surface area contributed by atoms with E-state index < -0.39 is 39.0 Å². The molecule has 0 unspecified atom stereocenters. The van der Waals surface area contributed by atoms with Crippen molar-refractivity contribution < 1.29 is 31.5 Å². The van der Waals surface area contributed by atoms with E-state index in [0.717, 1.165) is 17.4 Å². The number of carboxylic acids is 1. The van der Waals surface area contributed by atoms with E-state index >= 15 is 0 Å². The van der Waals surface area contributed by atoms with Gasteiger partial charge in [-0.25, -0.2) is 13.2 Å². The number of rotatable bonds is 4. The lowest BCUT2D eigenvalue weighted by molar-refractivity contribution is -0.138. The summed E-state index contributed by atoms with van der Waals surface area (Å²) in [5.74, 6) is -1.77. The van der Waals surface area contributed by atoms with Crippen molar-refractivity contribution >= 4 is 44.6 Å². The molecule has 0 radical (unpaired) electrons. The van der Waals surface area contributed by atoms with Crippen LogP contribution in [0, 0.1) is 0 Å². The largest absolute Gasteiger partial charge is 0.478 e. The number of aromatic carboxylic acids is 1. The van der Waals surface area contributed by atoms with Crippen molar-refractivity contribution in [2.24, 2.45) is 0 Å². The van der Waals surface area contributed by atoms with Gasteiger partial charge in [0.25, 0.3) is 10.0 Å². The molecule has 2 N–H and O–H groups in total. The third-order valence-electron chi connectivity index (χ3n) is 2.62. The fraction of sp³-hybridized carbons (Fsp3) is 0.0833. The smallest absolute Gasteiger partial charge is 0.417 e. The van der Waals surface area contributed by atoms with Crippen LogP contribution in [0.2, 0.25) is 4.34 Å². The minimum Gasteiger partial charge on any atom is -0.478 e. The Bertz CT molecular complexity index is 861.